The van der Waals surface area contributed by atoms with Crippen LogP contribution >= 0.6 is 11.3 Å². The van der Waals surface area contributed by atoms with Crippen molar-refractivity contribution in [1.29, 1.82) is 0 Å². The van der Waals surface area contributed by atoms with Gasteiger partial charge in [-0.15, -0.1) is 11.3 Å². The average Bonchev–Trinajstić information content (AvgIpc) is 2.53. The summed E-state index contributed by atoms with van der Waals surface area (Å²) in [6.07, 6.45) is 0. The molecule has 0 fully saturated rings. The molecule has 1 aromatic heterocycles. The minimum atomic E-state index is -3.66. The Morgan fingerprint density at radius 1 is 1.00 bits per heavy atom. The average molecular weight is 330 g/mol. The molecular formula is C16H14N2O2S2. The third kappa shape index (κ3) is 3.03. The van der Waals surface area contributed by atoms with E-state index in [2.05, 4.69) is 9.93 Å². The molecule has 1 heterocycles. The zero-order chi connectivity index (χ0) is 15.6. The molecule has 0 saturated heterocycles. The van der Waals surface area contributed by atoms with Gasteiger partial charge in [-0.2, -0.15) is 18.4 Å². The van der Waals surface area contributed by atoms with Gasteiger partial charge in [-0.1, -0.05) is 35.9 Å². The minimum absolute atomic E-state index is 0.199. The van der Waals surface area contributed by atoms with E-state index in [4.69, 9.17) is 0 Å². The maximum Gasteiger partial charge on any atom is 0.276 e. The van der Waals surface area contributed by atoms with E-state index in [0.717, 1.165) is 15.6 Å². The van der Waals surface area contributed by atoms with Crippen molar-refractivity contribution < 1.29 is 8.42 Å². The van der Waals surface area contributed by atoms with Crippen LogP contribution in [0.25, 0.3) is 10.1 Å². The van der Waals surface area contributed by atoms with Crippen LogP contribution in [0.3, 0.4) is 0 Å². The second-order valence-electron chi connectivity index (χ2n) is 4.82. The summed E-state index contributed by atoms with van der Waals surface area (Å²) < 4.78 is 25.6. The molecule has 22 heavy (non-hydrogen) atoms. The summed E-state index contributed by atoms with van der Waals surface area (Å²) in [5.74, 6) is 0. The quantitative estimate of drug-likeness (QED) is 0.751. The van der Waals surface area contributed by atoms with Crippen molar-refractivity contribution in [3.8, 4) is 0 Å². The van der Waals surface area contributed by atoms with Gasteiger partial charge in [0.15, 0.2) is 0 Å². The Balaban J connectivity index is 2.00. The Morgan fingerprint density at radius 2 is 1.73 bits per heavy atom. The maximum absolute atomic E-state index is 12.3. The van der Waals surface area contributed by atoms with Crippen LogP contribution in [-0.2, 0) is 10.0 Å². The molecule has 0 atom stereocenters. The van der Waals surface area contributed by atoms with E-state index in [1.807, 2.05) is 36.6 Å². The van der Waals surface area contributed by atoms with Crippen molar-refractivity contribution >= 4 is 31.4 Å². The van der Waals surface area contributed by atoms with Gasteiger partial charge < -0.3 is 0 Å². The van der Waals surface area contributed by atoms with Gasteiger partial charge in [-0.3, -0.25) is 0 Å². The molecule has 0 amide bonds. The first-order valence-electron chi connectivity index (χ1n) is 6.65. The zero-order valence-electron chi connectivity index (χ0n) is 11.9. The lowest BCUT2D eigenvalue weighted by Crippen LogP contribution is -2.21. The highest BCUT2D eigenvalue weighted by Gasteiger charge is 2.12. The topological polar surface area (TPSA) is 58.5 Å². The molecule has 0 bridgehead atoms. The first-order chi connectivity index (χ1) is 10.6. The van der Waals surface area contributed by atoms with Crippen LogP contribution in [0.15, 0.2) is 70.0 Å². The van der Waals surface area contributed by atoms with Gasteiger partial charge in [0.25, 0.3) is 10.0 Å². The first-order valence-corrected chi connectivity index (χ1v) is 9.01. The number of nitrogens with one attached hydrogen (secondary N) is 1. The molecule has 0 spiro atoms. The summed E-state index contributed by atoms with van der Waals surface area (Å²) in [7, 11) is -3.66. The molecule has 0 unspecified atom stereocenters. The number of hydrogen-bond acceptors (Lipinski definition) is 4. The lowest BCUT2D eigenvalue weighted by Gasteiger charge is -2.04. The van der Waals surface area contributed by atoms with Crippen LogP contribution in [0.2, 0.25) is 0 Å². The summed E-state index contributed by atoms with van der Waals surface area (Å²) in [6.45, 7) is 1.91. The fraction of sp³-hybridized carbons (Fsp3) is 0.0625. The highest BCUT2D eigenvalue weighted by Crippen LogP contribution is 2.14. The van der Waals surface area contributed by atoms with E-state index in [1.165, 1.54) is 0 Å². The molecule has 0 aliphatic rings. The van der Waals surface area contributed by atoms with Gasteiger partial charge in [-0.25, -0.2) is 0 Å². The molecule has 0 aliphatic carbocycles. The molecule has 6 heteroatoms. The lowest BCUT2D eigenvalue weighted by molar-refractivity contribution is 0.583. The molecule has 112 valence electrons. The highest BCUT2D eigenvalue weighted by atomic mass is 32.2. The number of hydrogen-bond donors (Lipinski definition) is 1. The van der Waals surface area contributed by atoms with Gasteiger partial charge in [0.1, 0.15) is 0 Å². The third-order valence-electron chi connectivity index (χ3n) is 3.20. The van der Waals surface area contributed by atoms with E-state index in [-0.39, 0.29) is 4.90 Å². The van der Waals surface area contributed by atoms with E-state index < -0.39 is 10.0 Å². The van der Waals surface area contributed by atoms with Crippen LogP contribution in [0.1, 0.15) is 5.56 Å². The van der Waals surface area contributed by atoms with E-state index >= 15 is 0 Å². The van der Waals surface area contributed by atoms with Gasteiger partial charge in [0.05, 0.1) is 10.3 Å². The normalized spacial score (nSPS) is 12.5. The molecule has 0 aliphatic heterocycles. The fourth-order valence-corrected chi connectivity index (χ4v) is 3.64. The molecular weight excluding hydrogens is 316 g/mol. The second kappa shape index (κ2) is 5.90. The first kappa shape index (κ1) is 14.7. The van der Waals surface area contributed by atoms with Gasteiger partial charge in [0.2, 0.25) is 0 Å². The van der Waals surface area contributed by atoms with E-state index in [9.17, 15) is 8.42 Å². The molecule has 2 aromatic carbocycles. The SMILES string of the molecule is Cc1ccc(S(=O)(=O)N/N=c2/ccsc3ccccc23)cc1. The Hall–Kier alpha value is -2.18. The number of fused-ring (bicyclic) bond motifs is 1. The number of benzene rings is 2. The van der Waals surface area contributed by atoms with Gasteiger partial charge in [0, 0.05) is 10.1 Å². The largest absolute Gasteiger partial charge is 0.276 e. The monoisotopic (exact) mass is 330 g/mol. The predicted molar refractivity (Wildman–Crippen MR) is 88.9 cm³/mol. The second-order valence-corrected chi connectivity index (χ2v) is 7.43. The zero-order valence-corrected chi connectivity index (χ0v) is 13.5. The summed E-state index contributed by atoms with van der Waals surface area (Å²) in [5, 5.41) is 7.48. The summed E-state index contributed by atoms with van der Waals surface area (Å²) in [6, 6.07) is 16.2. The molecule has 3 rings (SSSR count). The number of sulfonamides is 1. The minimum Gasteiger partial charge on any atom is -0.200 e. The molecule has 1 N–H and O–H groups in total. The molecule has 0 saturated carbocycles. The van der Waals surface area contributed by atoms with Crippen LogP contribution in [-0.4, -0.2) is 8.42 Å². The smallest absolute Gasteiger partial charge is 0.200 e. The number of aryl methyl sites for hydroxylation is 1. The summed E-state index contributed by atoms with van der Waals surface area (Å²) >= 11 is 1.59. The Bertz CT molecular complexity index is 969. The van der Waals surface area contributed by atoms with E-state index in [1.54, 1.807) is 41.7 Å². The highest BCUT2D eigenvalue weighted by molar-refractivity contribution is 7.89. The Labute approximate surface area is 132 Å². The predicted octanol–water partition coefficient (Wildman–Crippen LogP) is 3.00. The van der Waals surface area contributed by atoms with Crippen molar-refractivity contribution in [3.05, 3.63) is 70.9 Å². The third-order valence-corrected chi connectivity index (χ3v) is 5.31. The van der Waals surface area contributed by atoms with Crippen LogP contribution in [0.5, 0.6) is 0 Å². The standard InChI is InChI=1S/C16H14N2O2S2/c1-12-6-8-13(9-7-12)22(19,20)18-17-15-10-11-21-16-5-3-2-4-14(15)16/h2-11,18H,1H3/b17-15-. The maximum atomic E-state index is 12.3. The van der Waals surface area contributed by atoms with Crippen LogP contribution < -0.4 is 10.2 Å². The lowest BCUT2D eigenvalue weighted by atomic mass is 10.2. The molecule has 4 nitrogen and oxygen atoms in total. The van der Waals surface area contributed by atoms with Crippen molar-refractivity contribution in [2.24, 2.45) is 5.10 Å². The van der Waals surface area contributed by atoms with Crippen molar-refractivity contribution in [2.75, 3.05) is 0 Å². The molecule has 3 aromatic rings. The van der Waals surface area contributed by atoms with Gasteiger partial charge >= 0.3 is 0 Å². The van der Waals surface area contributed by atoms with Crippen molar-refractivity contribution in [2.45, 2.75) is 11.8 Å². The van der Waals surface area contributed by atoms with Crippen LogP contribution in [0.4, 0.5) is 0 Å². The van der Waals surface area contributed by atoms with Gasteiger partial charge in [-0.05, 0) is 36.6 Å². The summed E-state index contributed by atoms with van der Waals surface area (Å²) in [5.41, 5.74) is 1.01. The van der Waals surface area contributed by atoms with Crippen LogP contribution in [0, 0.1) is 6.92 Å². The fourth-order valence-electron chi connectivity index (χ4n) is 2.02. The van der Waals surface area contributed by atoms with Crippen molar-refractivity contribution in [3.63, 3.8) is 0 Å². The van der Waals surface area contributed by atoms with Crippen molar-refractivity contribution in [1.82, 2.24) is 4.83 Å². The summed E-state index contributed by atoms with van der Waals surface area (Å²) in [4.78, 5) is 2.50. The van der Waals surface area contributed by atoms with E-state index in [0.29, 0.717) is 5.36 Å². The number of rotatable bonds is 3. The Morgan fingerprint density at radius 3 is 2.50 bits per heavy atom. The Kier molecular flexibility index (Phi) is 3.96. The molecule has 0 radical (unpaired) electrons. The number of nitrogens with zero attached hydrogens (tertiary/aromatic N) is 1.